The molecular formula is C14H8F2N2OS. The highest BCUT2D eigenvalue weighted by Crippen LogP contribution is 2.32. The monoisotopic (exact) mass is 290 g/mol. The molecule has 0 saturated heterocycles. The van der Waals surface area contributed by atoms with Gasteiger partial charge in [0.15, 0.2) is 6.29 Å². The number of aldehydes is 1. The third-order valence-electron chi connectivity index (χ3n) is 2.74. The van der Waals surface area contributed by atoms with Crippen molar-refractivity contribution in [2.75, 3.05) is 0 Å². The minimum atomic E-state index is -0.551. The van der Waals surface area contributed by atoms with Gasteiger partial charge in [0, 0.05) is 6.20 Å². The third-order valence-corrected chi connectivity index (χ3v) is 3.77. The fourth-order valence-electron chi connectivity index (χ4n) is 1.84. The molecule has 0 fully saturated rings. The van der Waals surface area contributed by atoms with Gasteiger partial charge in [-0.2, -0.15) is 0 Å². The van der Waals surface area contributed by atoms with Crippen LogP contribution in [-0.4, -0.2) is 15.7 Å². The van der Waals surface area contributed by atoms with Gasteiger partial charge in [-0.25, -0.2) is 13.8 Å². The van der Waals surface area contributed by atoms with Crippen molar-refractivity contribution in [2.45, 2.75) is 9.92 Å². The van der Waals surface area contributed by atoms with Crippen molar-refractivity contribution in [1.29, 1.82) is 0 Å². The molecule has 3 aromatic rings. The number of carbonyl (C=O) groups excluding carboxylic acids is 1. The van der Waals surface area contributed by atoms with Crippen molar-refractivity contribution in [3.8, 4) is 0 Å². The number of fused-ring (bicyclic) bond motifs is 1. The maximum atomic E-state index is 13.6. The van der Waals surface area contributed by atoms with E-state index in [2.05, 4.69) is 4.98 Å². The van der Waals surface area contributed by atoms with Crippen molar-refractivity contribution in [3.63, 3.8) is 0 Å². The Kier molecular flexibility index (Phi) is 3.23. The Balaban J connectivity index is 2.10. The molecule has 2 heterocycles. The van der Waals surface area contributed by atoms with Crippen LogP contribution in [0, 0.1) is 11.6 Å². The highest BCUT2D eigenvalue weighted by atomic mass is 32.2. The number of nitrogens with zero attached hydrogens (tertiary/aromatic N) is 2. The van der Waals surface area contributed by atoms with Crippen molar-refractivity contribution in [2.24, 2.45) is 0 Å². The van der Waals surface area contributed by atoms with Crippen molar-refractivity contribution < 1.29 is 13.6 Å². The molecule has 0 N–H and O–H groups in total. The second-order valence-corrected chi connectivity index (χ2v) is 5.06. The van der Waals surface area contributed by atoms with Crippen LogP contribution in [0.3, 0.4) is 0 Å². The maximum absolute atomic E-state index is 13.6. The number of halogens is 2. The van der Waals surface area contributed by atoms with Gasteiger partial charge in [0.25, 0.3) is 0 Å². The van der Waals surface area contributed by atoms with Gasteiger partial charge < -0.3 is 0 Å². The lowest BCUT2D eigenvalue weighted by molar-refractivity contribution is 0.111. The zero-order chi connectivity index (χ0) is 14.1. The third kappa shape index (κ3) is 2.18. The van der Waals surface area contributed by atoms with Crippen LogP contribution >= 0.6 is 11.8 Å². The van der Waals surface area contributed by atoms with E-state index < -0.39 is 11.6 Å². The summed E-state index contributed by atoms with van der Waals surface area (Å²) in [5.41, 5.74) is 0.892. The van der Waals surface area contributed by atoms with Crippen molar-refractivity contribution in [1.82, 2.24) is 9.38 Å². The zero-order valence-corrected chi connectivity index (χ0v) is 10.9. The summed E-state index contributed by atoms with van der Waals surface area (Å²) >= 11 is 0.927. The summed E-state index contributed by atoms with van der Waals surface area (Å²) in [5.74, 6) is -1.09. The van der Waals surface area contributed by atoms with Gasteiger partial charge in [-0.1, -0.05) is 17.8 Å². The number of benzene rings is 1. The van der Waals surface area contributed by atoms with Crippen molar-refractivity contribution in [3.05, 3.63) is 59.9 Å². The predicted octanol–water partition coefficient (Wildman–Crippen LogP) is 3.58. The molecular weight excluding hydrogens is 282 g/mol. The molecule has 3 nitrogen and oxygen atoms in total. The molecule has 3 rings (SSSR count). The molecule has 0 bridgehead atoms. The first-order chi connectivity index (χ1) is 9.69. The van der Waals surface area contributed by atoms with Crippen LogP contribution in [0.25, 0.3) is 5.65 Å². The molecule has 0 radical (unpaired) electrons. The van der Waals surface area contributed by atoms with Crippen LogP contribution in [0.1, 0.15) is 10.5 Å². The second-order valence-electron chi connectivity index (χ2n) is 4.03. The van der Waals surface area contributed by atoms with E-state index >= 15 is 0 Å². The van der Waals surface area contributed by atoms with Crippen LogP contribution in [0.2, 0.25) is 0 Å². The quantitative estimate of drug-likeness (QED) is 0.691. The molecule has 0 spiro atoms. The largest absolute Gasteiger partial charge is 0.296 e. The first kappa shape index (κ1) is 12.8. The van der Waals surface area contributed by atoms with E-state index in [1.165, 1.54) is 0 Å². The number of aromatic nitrogens is 2. The van der Waals surface area contributed by atoms with Gasteiger partial charge in [-0.15, -0.1) is 0 Å². The van der Waals surface area contributed by atoms with Crippen LogP contribution in [-0.2, 0) is 0 Å². The van der Waals surface area contributed by atoms with E-state index in [1.54, 1.807) is 28.8 Å². The molecule has 100 valence electrons. The minimum absolute atomic E-state index is 0.0940. The molecule has 0 amide bonds. The molecule has 1 aromatic carbocycles. The minimum Gasteiger partial charge on any atom is -0.296 e. The highest BCUT2D eigenvalue weighted by molar-refractivity contribution is 7.99. The molecule has 6 heteroatoms. The standard InChI is InChI=1S/C14H8F2N2OS/c15-9-4-5-10(16)12(7-9)20-14-11(8-19)18-6-2-1-3-13(18)17-14/h1-8H. The Hall–Kier alpha value is -2.21. The summed E-state index contributed by atoms with van der Waals surface area (Å²) in [6, 6.07) is 8.46. The highest BCUT2D eigenvalue weighted by Gasteiger charge is 2.15. The van der Waals surface area contributed by atoms with Gasteiger partial charge in [0.05, 0.1) is 4.90 Å². The Morgan fingerprint density at radius 1 is 1.20 bits per heavy atom. The molecule has 0 aliphatic rings. The Morgan fingerprint density at radius 2 is 2.05 bits per heavy atom. The van der Waals surface area contributed by atoms with Gasteiger partial charge >= 0.3 is 0 Å². The van der Waals surface area contributed by atoms with E-state index in [4.69, 9.17) is 0 Å². The zero-order valence-electron chi connectivity index (χ0n) is 10.1. The number of hydrogen-bond acceptors (Lipinski definition) is 3. The summed E-state index contributed by atoms with van der Waals surface area (Å²) in [6.45, 7) is 0. The van der Waals surface area contributed by atoms with E-state index in [9.17, 15) is 13.6 Å². The van der Waals surface area contributed by atoms with Gasteiger partial charge in [0.1, 0.15) is 28.0 Å². The Morgan fingerprint density at radius 3 is 2.85 bits per heavy atom. The number of rotatable bonds is 3. The summed E-state index contributed by atoms with van der Waals surface area (Å²) in [4.78, 5) is 15.6. The average Bonchev–Trinajstić information content (AvgIpc) is 2.80. The molecule has 0 unspecified atom stereocenters. The second kappa shape index (κ2) is 5.05. The van der Waals surface area contributed by atoms with Gasteiger partial charge in [-0.05, 0) is 30.3 Å². The number of imidazole rings is 1. The summed E-state index contributed by atoms with van der Waals surface area (Å²) in [6.07, 6.45) is 2.34. The molecule has 2 aromatic heterocycles. The van der Waals surface area contributed by atoms with E-state index in [0.29, 0.717) is 22.7 Å². The fraction of sp³-hybridized carbons (Fsp3) is 0. The Labute approximate surface area is 117 Å². The van der Waals surface area contributed by atoms with Crippen molar-refractivity contribution >= 4 is 23.7 Å². The molecule has 0 aliphatic carbocycles. The van der Waals surface area contributed by atoms with E-state index in [-0.39, 0.29) is 4.90 Å². The van der Waals surface area contributed by atoms with E-state index in [1.807, 2.05) is 0 Å². The summed E-state index contributed by atoms with van der Waals surface area (Å²) in [5, 5.41) is 0.343. The normalized spacial score (nSPS) is 10.9. The van der Waals surface area contributed by atoms with Crippen LogP contribution in [0.15, 0.2) is 52.5 Å². The van der Waals surface area contributed by atoms with E-state index in [0.717, 1.165) is 30.0 Å². The Bertz CT molecular complexity index is 801. The van der Waals surface area contributed by atoms with Crippen LogP contribution in [0.5, 0.6) is 0 Å². The molecule has 0 atom stereocenters. The first-order valence-electron chi connectivity index (χ1n) is 5.74. The van der Waals surface area contributed by atoms with Crippen LogP contribution < -0.4 is 0 Å². The predicted molar refractivity (Wildman–Crippen MR) is 71.1 cm³/mol. The summed E-state index contributed by atoms with van der Waals surface area (Å²) < 4.78 is 28.4. The average molecular weight is 290 g/mol. The van der Waals surface area contributed by atoms with Gasteiger partial charge in [-0.3, -0.25) is 9.20 Å². The topological polar surface area (TPSA) is 34.4 Å². The SMILES string of the molecule is O=Cc1c(Sc2cc(F)ccc2F)nc2ccccn12. The lowest BCUT2D eigenvalue weighted by atomic mass is 10.3. The molecule has 0 saturated carbocycles. The lowest BCUT2D eigenvalue weighted by Crippen LogP contribution is -1.91. The lowest BCUT2D eigenvalue weighted by Gasteiger charge is -2.01. The van der Waals surface area contributed by atoms with Gasteiger partial charge in [0.2, 0.25) is 0 Å². The van der Waals surface area contributed by atoms with Crippen LogP contribution in [0.4, 0.5) is 8.78 Å². The molecule has 20 heavy (non-hydrogen) atoms. The smallest absolute Gasteiger partial charge is 0.169 e. The number of hydrogen-bond donors (Lipinski definition) is 0. The number of pyridine rings is 1. The fourth-order valence-corrected chi connectivity index (χ4v) is 2.77. The number of carbonyl (C=O) groups is 1. The molecule has 0 aliphatic heterocycles. The first-order valence-corrected chi connectivity index (χ1v) is 6.56. The summed E-state index contributed by atoms with van der Waals surface area (Å²) in [7, 11) is 0. The maximum Gasteiger partial charge on any atom is 0.169 e.